The molecule has 23 heavy (non-hydrogen) atoms. The largest absolute Gasteiger partial charge is 0.586 e. The molecular formula is C13H8F2N4O4. The fraction of sp³-hybridized carbons (Fsp3) is 0.154. The van der Waals surface area contributed by atoms with E-state index in [0.717, 1.165) is 0 Å². The summed E-state index contributed by atoms with van der Waals surface area (Å²) in [4.78, 5) is 18.8. The Kier molecular flexibility index (Phi) is 2.59. The van der Waals surface area contributed by atoms with E-state index in [1.807, 2.05) is 0 Å². The van der Waals surface area contributed by atoms with Crippen molar-refractivity contribution in [1.29, 1.82) is 0 Å². The smallest absolute Gasteiger partial charge is 0.395 e. The third-order valence-electron chi connectivity index (χ3n) is 3.10. The summed E-state index contributed by atoms with van der Waals surface area (Å²) in [5.74, 6) is -0.143. The highest BCUT2D eigenvalue weighted by Gasteiger charge is 2.43. The first kappa shape index (κ1) is 13.5. The second-order valence-electron chi connectivity index (χ2n) is 4.85. The lowest BCUT2D eigenvalue weighted by Crippen LogP contribution is -2.25. The summed E-state index contributed by atoms with van der Waals surface area (Å²) >= 11 is 0. The summed E-state index contributed by atoms with van der Waals surface area (Å²) in [6.45, 7) is 1.66. The molecule has 0 bridgehead atoms. The zero-order valence-electron chi connectivity index (χ0n) is 11.5. The third-order valence-corrected chi connectivity index (χ3v) is 3.10. The van der Waals surface area contributed by atoms with Crippen molar-refractivity contribution in [3.8, 4) is 11.5 Å². The molecule has 10 heteroatoms. The highest BCUT2D eigenvalue weighted by atomic mass is 19.3. The molecule has 0 saturated carbocycles. The number of amides is 1. The second kappa shape index (κ2) is 4.41. The molecule has 0 aliphatic carbocycles. The van der Waals surface area contributed by atoms with Gasteiger partial charge in [0.25, 0.3) is 5.91 Å². The number of hydrogen-bond donors (Lipinski definition) is 2. The summed E-state index contributed by atoms with van der Waals surface area (Å²) in [6, 6.07) is 4.07. The Balaban J connectivity index is 1.62. The number of aromatic amines is 1. The summed E-state index contributed by atoms with van der Waals surface area (Å²) < 4.78 is 39.5. The van der Waals surface area contributed by atoms with Gasteiger partial charge in [-0.15, -0.1) is 8.78 Å². The van der Waals surface area contributed by atoms with Gasteiger partial charge in [0.15, 0.2) is 17.2 Å². The average molecular weight is 322 g/mol. The van der Waals surface area contributed by atoms with E-state index in [9.17, 15) is 13.6 Å². The number of ether oxygens (including phenoxy) is 2. The van der Waals surface area contributed by atoms with E-state index in [0.29, 0.717) is 16.8 Å². The normalized spacial score (nSPS) is 15.1. The lowest BCUT2D eigenvalue weighted by atomic mass is 10.3. The number of fused-ring (bicyclic) bond motifs is 2. The first-order valence-electron chi connectivity index (χ1n) is 6.44. The Morgan fingerprint density at radius 2 is 2.00 bits per heavy atom. The number of alkyl halides is 2. The van der Waals surface area contributed by atoms with Crippen LogP contribution in [0.4, 0.5) is 14.7 Å². The third kappa shape index (κ3) is 2.33. The predicted octanol–water partition coefficient (Wildman–Crippen LogP) is 2.43. The molecule has 0 atom stereocenters. The van der Waals surface area contributed by atoms with Crippen LogP contribution in [0.5, 0.6) is 11.5 Å². The summed E-state index contributed by atoms with van der Waals surface area (Å²) in [5.41, 5.74) is 0.824. The van der Waals surface area contributed by atoms with E-state index >= 15 is 0 Å². The Hall–Kier alpha value is -3.17. The van der Waals surface area contributed by atoms with Gasteiger partial charge < -0.3 is 19.0 Å². The average Bonchev–Trinajstić information content (AvgIpc) is 3.10. The van der Waals surface area contributed by atoms with Gasteiger partial charge in [-0.3, -0.25) is 10.1 Å². The van der Waals surface area contributed by atoms with Crippen LogP contribution < -0.4 is 14.8 Å². The van der Waals surface area contributed by atoms with Crippen LogP contribution in [-0.4, -0.2) is 27.3 Å². The van der Waals surface area contributed by atoms with Crippen molar-refractivity contribution < 1.29 is 27.6 Å². The van der Waals surface area contributed by atoms with Crippen molar-refractivity contribution in [2.45, 2.75) is 13.2 Å². The molecule has 2 N–H and O–H groups in total. The van der Waals surface area contributed by atoms with Gasteiger partial charge in [0.05, 0.1) is 11.0 Å². The van der Waals surface area contributed by atoms with E-state index < -0.39 is 12.2 Å². The molecule has 2 aromatic heterocycles. The summed E-state index contributed by atoms with van der Waals surface area (Å²) in [7, 11) is 0. The number of nitrogens with one attached hydrogen (secondary N) is 2. The minimum absolute atomic E-state index is 0.0942. The molecule has 8 nitrogen and oxygen atoms in total. The van der Waals surface area contributed by atoms with E-state index in [2.05, 4.69) is 29.9 Å². The summed E-state index contributed by atoms with van der Waals surface area (Å²) in [6.07, 6.45) is -3.69. The number of halogens is 2. The van der Waals surface area contributed by atoms with Crippen molar-refractivity contribution in [2.75, 3.05) is 5.32 Å². The van der Waals surface area contributed by atoms with Gasteiger partial charge in [0.2, 0.25) is 5.95 Å². The highest BCUT2D eigenvalue weighted by Crippen LogP contribution is 2.42. The Bertz CT molecular complexity index is 888. The zero-order chi connectivity index (χ0) is 16.2. The topological polar surface area (TPSA) is 102 Å². The van der Waals surface area contributed by atoms with Crippen molar-refractivity contribution >= 4 is 22.9 Å². The van der Waals surface area contributed by atoms with Gasteiger partial charge in [0.1, 0.15) is 5.76 Å². The monoisotopic (exact) mass is 322 g/mol. The van der Waals surface area contributed by atoms with E-state index in [1.54, 1.807) is 6.92 Å². The van der Waals surface area contributed by atoms with Crippen LogP contribution in [0.1, 0.15) is 16.2 Å². The molecule has 1 aliphatic heterocycles. The number of nitrogens with zero attached hydrogens (tertiary/aromatic N) is 2. The summed E-state index contributed by atoms with van der Waals surface area (Å²) in [5, 5.41) is 6.07. The standard InChI is InChI=1S/C13H8F2N4O4/c1-5-2-8(19-23-5)11(20)18-12-16-6-3-9-10(4-7(6)17-12)22-13(14,15)21-9/h2-4H,1H3,(H2,16,17,18,20). The van der Waals surface area contributed by atoms with Crippen LogP contribution in [0, 0.1) is 6.92 Å². The molecular weight excluding hydrogens is 314 g/mol. The number of anilines is 1. The number of hydrogen-bond acceptors (Lipinski definition) is 6. The van der Waals surface area contributed by atoms with Gasteiger partial charge in [-0.05, 0) is 6.92 Å². The van der Waals surface area contributed by atoms with E-state index in [4.69, 9.17) is 4.52 Å². The molecule has 0 fully saturated rings. The van der Waals surface area contributed by atoms with Crippen LogP contribution in [0.3, 0.4) is 0 Å². The van der Waals surface area contributed by atoms with E-state index in [1.165, 1.54) is 18.2 Å². The number of carbonyl (C=O) groups excluding carboxylic acids is 1. The van der Waals surface area contributed by atoms with Crippen molar-refractivity contribution in [3.05, 3.63) is 29.7 Å². The molecule has 1 amide bonds. The second-order valence-corrected chi connectivity index (χ2v) is 4.85. The number of aromatic nitrogens is 3. The van der Waals surface area contributed by atoms with Crippen molar-refractivity contribution in [3.63, 3.8) is 0 Å². The number of benzene rings is 1. The fourth-order valence-corrected chi connectivity index (χ4v) is 2.16. The van der Waals surface area contributed by atoms with Crippen molar-refractivity contribution in [2.24, 2.45) is 0 Å². The predicted molar refractivity (Wildman–Crippen MR) is 71.5 cm³/mol. The lowest BCUT2D eigenvalue weighted by molar-refractivity contribution is -0.286. The minimum Gasteiger partial charge on any atom is -0.395 e. The van der Waals surface area contributed by atoms with Gasteiger partial charge in [0, 0.05) is 18.2 Å². The maximum absolute atomic E-state index is 13.0. The van der Waals surface area contributed by atoms with Crippen molar-refractivity contribution in [1.82, 2.24) is 15.1 Å². The maximum Gasteiger partial charge on any atom is 0.586 e. The fourth-order valence-electron chi connectivity index (χ4n) is 2.16. The van der Waals surface area contributed by atoms with Gasteiger partial charge in [-0.1, -0.05) is 5.16 Å². The maximum atomic E-state index is 13.0. The molecule has 0 spiro atoms. The van der Waals surface area contributed by atoms with Crippen LogP contribution in [0.15, 0.2) is 22.7 Å². The number of H-pyrrole nitrogens is 1. The lowest BCUT2D eigenvalue weighted by Gasteiger charge is -2.04. The molecule has 0 saturated heterocycles. The van der Waals surface area contributed by atoms with Gasteiger partial charge in [-0.25, -0.2) is 4.98 Å². The number of carbonyl (C=O) groups is 1. The molecule has 1 aliphatic rings. The molecule has 1 aromatic carbocycles. The molecule has 3 heterocycles. The Morgan fingerprint density at radius 3 is 2.70 bits per heavy atom. The minimum atomic E-state index is -3.69. The number of imidazole rings is 1. The van der Waals surface area contributed by atoms with Crippen LogP contribution in [0.2, 0.25) is 0 Å². The van der Waals surface area contributed by atoms with Crippen LogP contribution >= 0.6 is 0 Å². The van der Waals surface area contributed by atoms with E-state index in [-0.39, 0.29) is 23.1 Å². The van der Waals surface area contributed by atoms with Crippen LogP contribution in [0.25, 0.3) is 11.0 Å². The Morgan fingerprint density at radius 1 is 1.26 bits per heavy atom. The molecule has 4 rings (SSSR count). The zero-order valence-corrected chi connectivity index (χ0v) is 11.5. The highest BCUT2D eigenvalue weighted by molar-refractivity contribution is 6.02. The number of aryl methyl sites for hydroxylation is 1. The quantitative estimate of drug-likeness (QED) is 0.751. The molecule has 0 unspecified atom stereocenters. The van der Waals surface area contributed by atoms with Gasteiger partial charge >= 0.3 is 6.29 Å². The van der Waals surface area contributed by atoms with Crippen LogP contribution in [-0.2, 0) is 0 Å². The number of rotatable bonds is 2. The first-order chi connectivity index (χ1) is 10.9. The molecule has 0 radical (unpaired) electrons. The Labute approximate surface area is 126 Å². The van der Waals surface area contributed by atoms with Gasteiger partial charge in [-0.2, -0.15) is 0 Å². The SMILES string of the molecule is Cc1cc(C(=O)Nc2nc3cc4c(cc3[nH]2)OC(F)(F)O4)no1. The first-order valence-corrected chi connectivity index (χ1v) is 6.44. The molecule has 3 aromatic rings. The molecule has 118 valence electrons.